The molecule has 5 rings (SSSR count). The van der Waals surface area contributed by atoms with E-state index in [1.54, 1.807) is 38.1 Å². The maximum Gasteiger partial charge on any atom is 0.573 e. The molecule has 4 heterocycles. The molecule has 12 heteroatoms. The molecule has 0 atom stereocenters. The summed E-state index contributed by atoms with van der Waals surface area (Å²) >= 11 is 0. The topological polar surface area (TPSA) is 93.9 Å². The lowest BCUT2D eigenvalue weighted by Gasteiger charge is -2.28. The van der Waals surface area contributed by atoms with Gasteiger partial charge in [-0.3, -0.25) is 4.79 Å². The number of nitrogens with zero attached hydrogens (tertiary/aromatic N) is 5. The van der Waals surface area contributed by atoms with Gasteiger partial charge in [0, 0.05) is 18.7 Å². The van der Waals surface area contributed by atoms with Gasteiger partial charge in [0.15, 0.2) is 11.3 Å². The van der Waals surface area contributed by atoms with Crippen LogP contribution in [0.5, 0.6) is 5.75 Å². The predicted octanol–water partition coefficient (Wildman–Crippen LogP) is 4.40. The highest BCUT2D eigenvalue weighted by atomic mass is 19.4. The highest BCUT2D eigenvalue weighted by Crippen LogP contribution is 2.33. The summed E-state index contributed by atoms with van der Waals surface area (Å²) in [4.78, 5) is 24.4. The number of morpholine rings is 1. The minimum absolute atomic E-state index is 0.127. The Kier molecular flexibility index (Phi) is 6.42. The number of para-hydroxylation sites is 1. The molecule has 0 aliphatic carbocycles. The predicted molar refractivity (Wildman–Crippen MR) is 130 cm³/mol. The largest absolute Gasteiger partial charge is 0.573 e. The van der Waals surface area contributed by atoms with E-state index in [0.717, 1.165) is 0 Å². The number of nitrogens with one attached hydrogen (secondary N) is 1. The molecule has 192 valence electrons. The second-order valence-electron chi connectivity index (χ2n) is 8.47. The Bertz CT molecular complexity index is 1460. The molecule has 0 radical (unpaired) electrons. The van der Waals surface area contributed by atoms with Crippen molar-refractivity contribution in [2.75, 3.05) is 36.5 Å². The average Bonchev–Trinajstić information content (AvgIpc) is 3.20. The summed E-state index contributed by atoms with van der Waals surface area (Å²) in [6.45, 7) is 6.01. The normalized spacial score (nSPS) is 14.1. The highest BCUT2D eigenvalue weighted by molar-refractivity contribution is 6.04. The number of carbonyl (C=O) groups is 1. The van der Waals surface area contributed by atoms with Crippen molar-refractivity contribution < 1.29 is 27.4 Å². The molecule has 0 saturated carbocycles. The van der Waals surface area contributed by atoms with Gasteiger partial charge in [-0.25, -0.2) is 14.5 Å². The summed E-state index contributed by atoms with van der Waals surface area (Å²) in [5.74, 6) is 0.169. The van der Waals surface area contributed by atoms with Crippen LogP contribution in [0.4, 0.5) is 24.8 Å². The van der Waals surface area contributed by atoms with Crippen molar-refractivity contribution in [1.29, 1.82) is 0 Å². The molecule has 1 aliphatic heterocycles. The van der Waals surface area contributed by atoms with Gasteiger partial charge < -0.3 is 19.7 Å². The summed E-state index contributed by atoms with van der Waals surface area (Å²) in [5.41, 5.74) is 1.92. The molecule has 37 heavy (non-hydrogen) atoms. The fraction of sp³-hybridized carbons (Fsp3) is 0.280. The fourth-order valence-electron chi connectivity index (χ4n) is 4.20. The molecule has 1 fully saturated rings. The van der Waals surface area contributed by atoms with Crippen LogP contribution in [0.3, 0.4) is 0 Å². The zero-order valence-electron chi connectivity index (χ0n) is 20.0. The Morgan fingerprint density at radius 3 is 2.57 bits per heavy atom. The number of rotatable bonds is 5. The lowest BCUT2D eigenvalue weighted by molar-refractivity contribution is -0.274. The van der Waals surface area contributed by atoms with E-state index >= 15 is 0 Å². The Morgan fingerprint density at radius 2 is 1.81 bits per heavy atom. The number of fused-ring (bicyclic) bond motifs is 1. The molecule has 1 aromatic carbocycles. The molecule has 1 saturated heterocycles. The molecule has 3 aromatic heterocycles. The van der Waals surface area contributed by atoms with Gasteiger partial charge in [-0.15, -0.1) is 13.2 Å². The number of anilines is 2. The van der Waals surface area contributed by atoms with Crippen LogP contribution in [0.1, 0.15) is 21.7 Å². The van der Waals surface area contributed by atoms with Crippen molar-refractivity contribution in [3.63, 3.8) is 0 Å². The van der Waals surface area contributed by atoms with Gasteiger partial charge in [-0.2, -0.15) is 5.10 Å². The molecular weight excluding hydrogens is 489 g/mol. The highest BCUT2D eigenvalue weighted by Gasteiger charge is 2.32. The summed E-state index contributed by atoms with van der Waals surface area (Å²) < 4.78 is 49.8. The van der Waals surface area contributed by atoms with Gasteiger partial charge in [0.1, 0.15) is 17.4 Å². The lowest BCUT2D eigenvalue weighted by atomic mass is 10.1. The van der Waals surface area contributed by atoms with Gasteiger partial charge >= 0.3 is 6.36 Å². The number of pyridine rings is 1. The van der Waals surface area contributed by atoms with Crippen molar-refractivity contribution in [1.82, 2.24) is 19.6 Å². The van der Waals surface area contributed by atoms with Crippen LogP contribution in [0.2, 0.25) is 0 Å². The van der Waals surface area contributed by atoms with Crippen LogP contribution in [0, 0.1) is 13.8 Å². The number of alkyl halides is 3. The summed E-state index contributed by atoms with van der Waals surface area (Å²) in [5, 5.41) is 7.27. The number of amides is 1. The molecule has 0 bridgehead atoms. The van der Waals surface area contributed by atoms with Crippen LogP contribution in [0.25, 0.3) is 16.9 Å². The molecule has 0 spiro atoms. The first-order chi connectivity index (χ1) is 17.7. The standard InChI is InChI=1S/C25H23F3N6O3/c1-15-14-18(17-6-3-4-7-19(17)37-25(26,27)28)32-34-22(16(2)29-23(15)34)24(35)31-20-8-5-9-21(30-20)33-10-12-36-13-11-33/h3-9,14H,10-13H2,1-2H3,(H,30,31,35). The number of hydrogen-bond donors (Lipinski definition) is 1. The summed E-state index contributed by atoms with van der Waals surface area (Å²) in [7, 11) is 0. The Labute approximate surface area is 209 Å². The van der Waals surface area contributed by atoms with E-state index in [2.05, 4.69) is 30.0 Å². The number of hydrogen-bond acceptors (Lipinski definition) is 7. The quantitative estimate of drug-likeness (QED) is 0.424. The molecule has 1 amide bonds. The van der Waals surface area contributed by atoms with E-state index in [0.29, 0.717) is 54.8 Å². The van der Waals surface area contributed by atoms with Crippen LogP contribution in [-0.2, 0) is 4.74 Å². The fourth-order valence-corrected chi connectivity index (χ4v) is 4.20. The van der Waals surface area contributed by atoms with Gasteiger partial charge in [-0.1, -0.05) is 18.2 Å². The number of benzene rings is 1. The van der Waals surface area contributed by atoms with Crippen molar-refractivity contribution in [3.8, 4) is 17.0 Å². The number of aryl methyl sites for hydroxylation is 2. The van der Waals surface area contributed by atoms with Crippen molar-refractivity contribution >= 4 is 23.2 Å². The Balaban J connectivity index is 1.50. The van der Waals surface area contributed by atoms with E-state index in [1.807, 2.05) is 6.07 Å². The second-order valence-corrected chi connectivity index (χ2v) is 8.47. The summed E-state index contributed by atoms with van der Waals surface area (Å²) in [6.07, 6.45) is -4.87. The van der Waals surface area contributed by atoms with E-state index in [1.165, 1.54) is 22.7 Å². The minimum Gasteiger partial charge on any atom is -0.405 e. The molecular formula is C25H23F3N6O3. The van der Waals surface area contributed by atoms with Gasteiger partial charge in [0.25, 0.3) is 5.91 Å². The van der Waals surface area contributed by atoms with Crippen molar-refractivity contribution in [2.45, 2.75) is 20.2 Å². The summed E-state index contributed by atoms with van der Waals surface area (Å²) in [6, 6.07) is 12.6. The molecule has 9 nitrogen and oxygen atoms in total. The Morgan fingerprint density at radius 1 is 1.05 bits per heavy atom. The molecule has 4 aromatic rings. The van der Waals surface area contributed by atoms with Crippen LogP contribution < -0.4 is 15.0 Å². The van der Waals surface area contributed by atoms with Gasteiger partial charge in [0.2, 0.25) is 0 Å². The first-order valence-electron chi connectivity index (χ1n) is 11.5. The maximum atomic E-state index is 13.4. The van der Waals surface area contributed by atoms with Crippen LogP contribution in [-0.4, -0.2) is 58.2 Å². The van der Waals surface area contributed by atoms with Crippen molar-refractivity contribution in [3.05, 3.63) is 65.5 Å². The lowest BCUT2D eigenvalue weighted by Crippen LogP contribution is -2.36. The SMILES string of the molecule is Cc1nc2c(C)cc(-c3ccccc3OC(F)(F)F)nn2c1C(=O)Nc1cccc(N2CCOCC2)n1. The van der Waals surface area contributed by atoms with Crippen LogP contribution >= 0.6 is 0 Å². The molecule has 0 unspecified atom stereocenters. The average molecular weight is 512 g/mol. The first-order valence-corrected chi connectivity index (χ1v) is 11.5. The van der Waals surface area contributed by atoms with Crippen LogP contribution in [0.15, 0.2) is 48.5 Å². The number of halogens is 3. The number of ether oxygens (including phenoxy) is 2. The van der Waals surface area contributed by atoms with Gasteiger partial charge in [-0.05, 0) is 49.7 Å². The third-order valence-corrected chi connectivity index (χ3v) is 5.86. The van der Waals surface area contributed by atoms with Gasteiger partial charge in [0.05, 0.1) is 24.6 Å². The third kappa shape index (κ3) is 5.19. The monoisotopic (exact) mass is 512 g/mol. The minimum atomic E-state index is -4.87. The Hall–Kier alpha value is -4.19. The maximum absolute atomic E-state index is 13.4. The van der Waals surface area contributed by atoms with E-state index in [-0.39, 0.29) is 17.0 Å². The smallest absolute Gasteiger partial charge is 0.405 e. The zero-order valence-corrected chi connectivity index (χ0v) is 20.0. The molecule has 1 aliphatic rings. The number of carbonyl (C=O) groups excluding carboxylic acids is 1. The van der Waals surface area contributed by atoms with E-state index in [4.69, 9.17) is 4.74 Å². The zero-order chi connectivity index (χ0) is 26.2. The third-order valence-electron chi connectivity index (χ3n) is 5.86. The van der Waals surface area contributed by atoms with E-state index in [9.17, 15) is 18.0 Å². The second kappa shape index (κ2) is 9.69. The van der Waals surface area contributed by atoms with E-state index < -0.39 is 18.0 Å². The number of aromatic nitrogens is 4. The first kappa shape index (κ1) is 24.5. The molecule has 1 N–H and O–H groups in total. The number of imidazole rings is 1. The van der Waals surface area contributed by atoms with Crippen molar-refractivity contribution in [2.24, 2.45) is 0 Å².